The number of Topliss-reactive ketones (excluding diaryl/α,β-unsaturated/α-hetero) is 1. The molecule has 20 heavy (non-hydrogen) atoms. The van der Waals surface area contributed by atoms with Crippen LogP contribution in [0.15, 0.2) is 30.6 Å². The second-order valence-electron chi connectivity index (χ2n) is 4.19. The van der Waals surface area contributed by atoms with Crippen molar-refractivity contribution in [2.45, 2.75) is 6.54 Å². The van der Waals surface area contributed by atoms with Crippen LogP contribution in [0.25, 0.3) is 0 Å². The lowest BCUT2D eigenvalue weighted by Crippen LogP contribution is -2.30. The van der Waals surface area contributed by atoms with Crippen molar-refractivity contribution >= 4 is 29.0 Å². The van der Waals surface area contributed by atoms with Crippen molar-refractivity contribution in [2.24, 2.45) is 0 Å². The molecule has 5 nitrogen and oxygen atoms in total. The van der Waals surface area contributed by atoms with Gasteiger partial charge in [-0.1, -0.05) is 17.7 Å². The van der Waals surface area contributed by atoms with Crippen LogP contribution in [0.1, 0.15) is 16.1 Å². The van der Waals surface area contributed by atoms with Crippen LogP contribution in [-0.2, 0) is 11.3 Å². The molecule has 1 aliphatic rings. The van der Waals surface area contributed by atoms with E-state index in [1.807, 2.05) is 0 Å². The molecule has 0 spiro atoms. The van der Waals surface area contributed by atoms with Gasteiger partial charge in [-0.3, -0.25) is 19.5 Å². The number of carbonyl (C=O) groups is 2. The van der Waals surface area contributed by atoms with Gasteiger partial charge in [0, 0.05) is 0 Å². The fraction of sp³-hybridized carbons (Fsp3) is 0.0769. The molecule has 0 fully saturated rings. The van der Waals surface area contributed by atoms with E-state index in [0.717, 1.165) is 4.90 Å². The van der Waals surface area contributed by atoms with E-state index in [4.69, 9.17) is 11.6 Å². The standard InChI is InChI=1S/C13H7ClFN3O2/c14-10-5-16-7(4-17-10)6-18-11-8(12(19)13(18)20)2-1-3-9(11)15/h1-5H,6H2. The summed E-state index contributed by atoms with van der Waals surface area (Å²) in [7, 11) is 0. The zero-order chi connectivity index (χ0) is 14.3. The average molecular weight is 292 g/mol. The molecule has 100 valence electrons. The third-order valence-corrected chi connectivity index (χ3v) is 3.13. The van der Waals surface area contributed by atoms with Gasteiger partial charge in [0.05, 0.1) is 35.9 Å². The number of hydrogen-bond donors (Lipinski definition) is 0. The Morgan fingerprint density at radius 1 is 1.20 bits per heavy atom. The van der Waals surface area contributed by atoms with Crippen LogP contribution in [0.5, 0.6) is 0 Å². The third-order valence-electron chi connectivity index (χ3n) is 2.93. The summed E-state index contributed by atoms with van der Waals surface area (Å²) >= 11 is 5.62. The average Bonchev–Trinajstić information content (AvgIpc) is 2.68. The monoisotopic (exact) mass is 291 g/mol. The highest BCUT2D eigenvalue weighted by Crippen LogP contribution is 2.32. The third kappa shape index (κ3) is 1.94. The Kier molecular flexibility index (Phi) is 2.94. The van der Waals surface area contributed by atoms with E-state index >= 15 is 0 Å². The number of rotatable bonds is 2. The number of anilines is 1. The Bertz CT molecular complexity index is 718. The van der Waals surface area contributed by atoms with Crippen molar-refractivity contribution < 1.29 is 14.0 Å². The maximum atomic E-state index is 13.9. The highest BCUT2D eigenvalue weighted by molar-refractivity contribution is 6.52. The summed E-state index contributed by atoms with van der Waals surface area (Å²) in [6.45, 7) is -0.0390. The first kappa shape index (κ1) is 12.7. The van der Waals surface area contributed by atoms with Gasteiger partial charge < -0.3 is 0 Å². The van der Waals surface area contributed by atoms with E-state index in [1.54, 1.807) is 0 Å². The minimum atomic E-state index is -0.776. The van der Waals surface area contributed by atoms with Gasteiger partial charge in [0.1, 0.15) is 11.0 Å². The van der Waals surface area contributed by atoms with Crippen LogP contribution in [0.4, 0.5) is 10.1 Å². The number of ketones is 1. The summed E-state index contributed by atoms with van der Waals surface area (Å²) in [5, 5.41) is 0.212. The number of amides is 1. The van der Waals surface area contributed by atoms with Gasteiger partial charge in [-0.2, -0.15) is 0 Å². The molecule has 2 aromatic rings. The Labute approximate surface area is 118 Å². The van der Waals surface area contributed by atoms with Crippen molar-refractivity contribution in [1.82, 2.24) is 9.97 Å². The number of halogens is 2. The zero-order valence-electron chi connectivity index (χ0n) is 10.0. The quantitative estimate of drug-likeness (QED) is 0.794. The van der Waals surface area contributed by atoms with Gasteiger partial charge in [0.15, 0.2) is 0 Å². The predicted molar refractivity (Wildman–Crippen MR) is 69.0 cm³/mol. The van der Waals surface area contributed by atoms with Crippen LogP contribution in [0.2, 0.25) is 5.15 Å². The molecule has 0 aliphatic carbocycles. The first-order valence-corrected chi connectivity index (χ1v) is 6.07. The van der Waals surface area contributed by atoms with Crippen molar-refractivity contribution in [3.05, 3.63) is 52.8 Å². The lowest BCUT2D eigenvalue weighted by Gasteiger charge is -2.16. The molecule has 0 unspecified atom stereocenters. The van der Waals surface area contributed by atoms with Gasteiger partial charge in [-0.25, -0.2) is 9.37 Å². The highest BCUT2D eigenvalue weighted by atomic mass is 35.5. The first-order chi connectivity index (χ1) is 9.58. The number of fused-ring (bicyclic) bond motifs is 1. The van der Waals surface area contributed by atoms with Gasteiger partial charge in [-0.05, 0) is 12.1 Å². The SMILES string of the molecule is O=C1C(=O)N(Cc2cnc(Cl)cn2)c2c(F)cccc21. The number of para-hydroxylation sites is 1. The summed E-state index contributed by atoms with van der Waals surface area (Å²) < 4.78 is 13.9. The molecule has 0 saturated heterocycles. The highest BCUT2D eigenvalue weighted by Gasteiger charge is 2.38. The molecule has 2 heterocycles. The minimum absolute atomic E-state index is 0.0146. The molecule has 0 atom stereocenters. The maximum Gasteiger partial charge on any atom is 0.299 e. The molecule has 0 N–H and O–H groups in total. The largest absolute Gasteiger partial charge is 0.299 e. The van der Waals surface area contributed by atoms with Crippen LogP contribution >= 0.6 is 11.6 Å². The minimum Gasteiger partial charge on any atom is -0.296 e. The summed E-state index contributed by atoms with van der Waals surface area (Å²) in [5.41, 5.74) is 0.461. The predicted octanol–water partition coefficient (Wildman–Crippen LogP) is 2.00. The Hall–Kier alpha value is -2.34. The second-order valence-corrected chi connectivity index (χ2v) is 4.57. The Morgan fingerprint density at radius 3 is 2.70 bits per heavy atom. The van der Waals surface area contributed by atoms with Crippen molar-refractivity contribution in [3.63, 3.8) is 0 Å². The van der Waals surface area contributed by atoms with E-state index in [0.29, 0.717) is 5.69 Å². The number of aromatic nitrogens is 2. The number of nitrogens with zero attached hydrogens (tertiary/aromatic N) is 3. The van der Waals surface area contributed by atoms with Gasteiger partial charge >= 0.3 is 0 Å². The summed E-state index contributed by atoms with van der Waals surface area (Å²) in [5.74, 6) is -2.12. The molecule has 1 aromatic carbocycles. The van der Waals surface area contributed by atoms with Crippen LogP contribution in [-0.4, -0.2) is 21.7 Å². The van der Waals surface area contributed by atoms with Crippen LogP contribution < -0.4 is 4.90 Å². The molecular weight excluding hydrogens is 285 g/mol. The van der Waals surface area contributed by atoms with E-state index in [9.17, 15) is 14.0 Å². The number of benzene rings is 1. The molecule has 1 aromatic heterocycles. The molecular formula is C13H7ClFN3O2. The van der Waals surface area contributed by atoms with E-state index in [-0.39, 0.29) is 22.9 Å². The van der Waals surface area contributed by atoms with Gasteiger partial charge in [0.2, 0.25) is 0 Å². The Morgan fingerprint density at radius 2 is 2.00 bits per heavy atom. The zero-order valence-corrected chi connectivity index (χ0v) is 10.8. The van der Waals surface area contributed by atoms with Crippen LogP contribution in [0.3, 0.4) is 0 Å². The molecule has 3 rings (SSSR count). The summed E-state index contributed by atoms with van der Waals surface area (Å²) in [6.07, 6.45) is 2.69. The maximum absolute atomic E-state index is 13.9. The van der Waals surface area contributed by atoms with E-state index in [1.165, 1.54) is 30.6 Å². The molecule has 1 aliphatic heterocycles. The fourth-order valence-electron chi connectivity index (χ4n) is 2.05. The Balaban J connectivity index is 2.01. The van der Waals surface area contributed by atoms with Crippen molar-refractivity contribution in [2.75, 3.05) is 4.90 Å². The normalized spacial score (nSPS) is 13.8. The molecule has 0 bridgehead atoms. The van der Waals surface area contributed by atoms with Crippen molar-refractivity contribution in [3.8, 4) is 0 Å². The van der Waals surface area contributed by atoms with E-state index < -0.39 is 17.5 Å². The summed E-state index contributed by atoms with van der Waals surface area (Å²) in [6, 6.07) is 4.02. The molecule has 7 heteroatoms. The van der Waals surface area contributed by atoms with Crippen molar-refractivity contribution in [1.29, 1.82) is 0 Å². The molecule has 1 amide bonds. The van der Waals surface area contributed by atoms with Gasteiger partial charge in [-0.15, -0.1) is 0 Å². The van der Waals surface area contributed by atoms with E-state index in [2.05, 4.69) is 9.97 Å². The summed E-state index contributed by atoms with van der Waals surface area (Å²) in [4.78, 5) is 32.6. The fourth-order valence-corrected chi connectivity index (χ4v) is 2.14. The lowest BCUT2D eigenvalue weighted by molar-refractivity contribution is -0.114. The topological polar surface area (TPSA) is 63.2 Å². The smallest absolute Gasteiger partial charge is 0.296 e. The molecule has 0 radical (unpaired) electrons. The first-order valence-electron chi connectivity index (χ1n) is 5.69. The van der Waals surface area contributed by atoms with Crippen LogP contribution in [0, 0.1) is 5.82 Å². The number of hydrogen-bond acceptors (Lipinski definition) is 4. The van der Waals surface area contributed by atoms with Gasteiger partial charge in [0.25, 0.3) is 11.7 Å². The number of carbonyl (C=O) groups excluding carboxylic acids is 2. The lowest BCUT2D eigenvalue weighted by atomic mass is 10.1. The molecule has 0 saturated carbocycles. The second kappa shape index (κ2) is 4.64.